The topological polar surface area (TPSA) is 84.8 Å². The number of imidazole rings is 1. The molecular weight excluding hydrogens is 306 g/mol. The van der Waals surface area contributed by atoms with Crippen LogP contribution in [0.2, 0.25) is 0 Å². The third-order valence-corrected chi connectivity index (χ3v) is 3.89. The van der Waals surface area contributed by atoms with Crippen molar-refractivity contribution >= 4 is 16.9 Å². The molecule has 2 aromatic heterocycles. The Balaban J connectivity index is 1.56. The number of hydrogen-bond donors (Lipinski definition) is 2. The molecule has 0 aliphatic carbocycles. The minimum absolute atomic E-state index is 0.00189. The Morgan fingerprint density at radius 2 is 2.21 bits per heavy atom. The van der Waals surface area contributed by atoms with E-state index in [1.807, 2.05) is 44.3 Å². The zero-order chi connectivity index (χ0) is 16.9. The number of fused-ring (bicyclic) bond motifs is 1. The van der Waals surface area contributed by atoms with Gasteiger partial charge in [0.25, 0.3) is 0 Å². The average molecular weight is 327 g/mol. The van der Waals surface area contributed by atoms with Crippen molar-refractivity contribution in [1.82, 2.24) is 25.1 Å². The van der Waals surface area contributed by atoms with Gasteiger partial charge in [-0.15, -0.1) is 0 Å². The first-order valence-electron chi connectivity index (χ1n) is 7.96. The monoisotopic (exact) mass is 327 g/mol. The molecule has 1 atom stereocenters. The van der Waals surface area contributed by atoms with Crippen LogP contribution in [0.4, 0.5) is 0 Å². The summed E-state index contributed by atoms with van der Waals surface area (Å²) in [6.45, 7) is 2.36. The molecule has 0 unspecified atom stereocenters. The standard InChI is InChI=1S/C17H21N5O2/c1-3-13(17-20-14-6-4-5-7-15(14)21-17)19-16(23)11-24-10-12-8-9-18-22(12)2/h4-9,13H,3,10-11H2,1-2H3,(H,19,23)(H,20,21)/t13-/m0/s1. The van der Waals surface area contributed by atoms with E-state index in [1.165, 1.54) is 0 Å². The Bertz CT molecular complexity index is 790. The molecule has 7 nitrogen and oxygen atoms in total. The van der Waals surface area contributed by atoms with Crippen LogP contribution in [0.25, 0.3) is 11.0 Å². The third kappa shape index (κ3) is 3.62. The van der Waals surface area contributed by atoms with E-state index in [4.69, 9.17) is 4.74 Å². The van der Waals surface area contributed by atoms with Crippen molar-refractivity contribution in [2.24, 2.45) is 7.05 Å². The molecule has 24 heavy (non-hydrogen) atoms. The van der Waals surface area contributed by atoms with Crippen LogP contribution in [0.3, 0.4) is 0 Å². The second-order valence-electron chi connectivity index (χ2n) is 5.61. The maximum absolute atomic E-state index is 12.1. The van der Waals surface area contributed by atoms with Crippen LogP contribution in [0, 0.1) is 0 Å². The van der Waals surface area contributed by atoms with Crippen LogP contribution in [-0.2, 0) is 23.2 Å². The van der Waals surface area contributed by atoms with E-state index in [-0.39, 0.29) is 18.6 Å². The van der Waals surface area contributed by atoms with Gasteiger partial charge in [-0.3, -0.25) is 9.48 Å². The first-order valence-corrected chi connectivity index (χ1v) is 7.96. The minimum atomic E-state index is -0.163. The largest absolute Gasteiger partial charge is 0.365 e. The molecule has 126 valence electrons. The Kier molecular flexibility index (Phi) is 4.90. The van der Waals surface area contributed by atoms with E-state index in [1.54, 1.807) is 10.9 Å². The van der Waals surface area contributed by atoms with Gasteiger partial charge in [0.05, 0.1) is 29.4 Å². The average Bonchev–Trinajstić information content (AvgIpc) is 3.19. The van der Waals surface area contributed by atoms with Crippen LogP contribution in [0.15, 0.2) is 36.5 Å². The molecule has 1 aromatic carbocycles. The number of aromatic nitrogens is 4. The summed E-state index contributed by atoms with van der Waals surface area (Å²) in [5.74, 6) is 0.600. The molecule has 0 saturated heterocycles. The molecule has 2 N–H and O–H groups in total. The molecule has 0 aliphatic rings. The van der Waals surface area contributed by atoms with Crippen molar-refractivity contribution in [3.05, 3.63) is 48.0 Å². The predicted octanol–water partition coefficient (Wildman–Crippen LogP) is 2.08. The van der Waals surface area contributed by atoms with Crippen molar-refractivity contribution in [1.29, 1.82) is 0 Å². The van der Waals surface area contributed by atoms with Gasteiger partial charge in [-0.05, 0) is 24.6 Å². The summed E-state index contributed by atoms with van der Waals surface area (Å²) >= 11 is 0. The van der Waals surface area contributed by atoms with Crippen molar-refractivity contribution in [2.45, 2.75) is 26.0 Å². The number of H-pyrrole nitrogens is 1. The maximum Gasteiger partial charge on any atom is 0.246 e. The van der Waals surface area contributed by atoms with E-state index in [0.717, 1.165) is 29.0 Å². The van der Waals surface area contributed by atoms with Crippen LogP contribution < -0.4 is 5.32 Å². The van der Waals surface area contributed by atoms with E-state index in [0.29, 0.717) is 6.61 Å². The number of aromatic amines is 1. The molecule has 3 aromatic rings. The third-order valence-electron chi connectivity index (χ3n) is 3.89. The number of nitrogens with zero attached hydrogens (tertiary/aromatic N) is 3. The molecule has 0 aliphatic heterocycles. The lowest BCUT2D eigenvalue weighted by atomic mass is 10.2. The van der Waals surface area contributed by atoms with Crippen molar-refractivity contribution in [3.63, 3.8) is 0 Å². The number of carbonyl (C=O) groups is 1. The zero-order valence-corrected chi connectivity index (χ0v) is 13.8. The quantitative estimate of drug-likeness (QED) is 0.696. The highest BCUT2D eigenvalue weighted by Crippen LogP contribution is 2.18. The summed E-state index contributed by atoms with van der Waals surface area (Å²) in [6.07, 6.45) is 2.45. The van der Waals surface area contributed by atoms with Crippen molar-refractivity contribution in [3.8, 4) is 0 Å². The summed E-state index contributed by atoms with van der Waals surface area (Å²) in [5.41, 5.74) is 2.78. The zero-order valence-electron chi connectivity index (χ0n) is 13.8. The first-order chi connectivity index (χ1) is 11.7. The number of benzene rings is 1. The van der Waals surface area contributed by atoms with E-state index in [2.05, 4.69) is 20.4 Å². The van der Waals surface area contributed by atoms with Gasteiger partial charge >= 0.3 is 0 Å². The first kappa shape index (κ1) is 16.2. The van der Waals surface area contributed by atoms with Crippen LogP contribution in [-0.4, -0.2) is 32.3 Å². The Hall–Kier alpha value is -2.67. The minimum Gasteiger partial charge on any atom is -0.365 e. The molecular formula is C17H21N5O2. The molecule has 0 radical (unpaired) electrons. The summed E-state index contributed by atoms with van der Waals surface area (Å²) < 4.78 is 7.18. The van der Waals surface area contributed by atoms with Gasteiger partial charge in [0, 0.05) is 13.2 Å². The summed E-state index contributed by atoms with van der Waals surface area (Å²) in [7, 11) is 1.84. The maximum atomic E-state index is 12.1. The fraction of sp³-hybridized carbons (Fsp3) is 0.353. The molecule has 7 heteroatoms. The van der Waals surface area contributed by atoms with E-state index >= 15 is 0 Å². The highest BCUT2D eigenvalue weighted by atomic mass is 16.5. The fourth-order valence-electron chi connectivity index (χ4n) is 2.53. The Labute approximate surface area is 140 Å². The lowest BCUT2D eigenvalue weighted by Crippen LogP contribution is -2.32. The van der Waals surface area contributed by atoms with E-state index < -0.39 is 0 Å². The summed E-state index contributed by atoms with van der Waals surface area (Å²) in [6, 6.07) is 9.51. The molecule has 0 spiro atoms. The van der Waals surface area contributed by atoms with Gasteiger partial charge < -0.3 is 15.0 Å². The molecule has 3 rings (SSSR count). The number of nitrogens with one attached hydrogen (secondary N) is 2. The lowest BCUT2D eigenvalue weighted by Gasteiger charge is -2.14. The van der Waals surface area contributed by atoms with Gasteiger partial charge in [-0.25, -0.2) is 4.98 Å². The highest BCUT2D eigenvalue weighted by molar-refractivity contribution is 5.78. The molecule has 0 saturated carbocycles. The molecule has 0 bridgehead atoms. The van der Waals surface area contributed by atoms with Gasteiger partial charge in [0.1, 0.15) is 12.4 Å². The molecule has 1 amide bonds. The fourth-order valence-corrected chi connectivity index (χ4v) is 2.53. The summed E-state index contributed by atoms with van der Waals surface area (Å²) in [5, 5.41) is 7.02. The number of amides is 1. The summed E-state index contributed by atoms with van der Waals surface area (Å²) in [4.78, 5) is 19.9. The molecule has 2 heterocycles. The van der Waals surface area contributed by atoms with Gasteiger partial charge in [0.15, 0.2) is 0 Å². The number of aryl methyl sites for hydroxylation is 1. The van der Waals surface area contributed by atoms with E-state index in [9.17, 15) is 4.79 Å². The normalized spacial score (nSPS) is 12.4. The second-order valence-corrected chi connectivity index (χ2v) is 5.61. The van der Waals surface area contributed by atoms with Crippen molar-refractivity contribution in [2.75, 3.05) is 6.61 Å². The van der Waals surface area contributed by atoms with Gasteiger partial charge in [-0.1, -0.05) is 19.1 Å². The van der Waals surface area contributed by atoms with Crippen LogP contribution in [0.5, 0.6) is 0 Å². The number of hydrogen-bond acceptors (Lipinski definition) is 4. The van der Waals surface area contributed by atoms with Crippen LogP contribution in [0.1, 0.15) is 30.9 Å². The number of carbonyl (C=O) groups excluding carboxylic acids is 1. The number of rotatable bonds is 7. The van der Waals surface area contributed by atoms with Crippen molar-refractivity contribution < 1.29 is 9.53 Å². The van der Waals surface area contributed by atoms with Gasteiger partial charge in [0.2, 0.25) is 5.91 Å². The Morgan fingerprint density at radius 1 is 1.38 bits per heavy atom. The van der Waals surface area contributed by atoms with Gasteiger partial charge in [-0.2, -0.15) is 5.10 Å². The van der Waals surface area contributed by atoms with Crippen LogP contribution >= 0.6 is 0 Å². The lowest BCUT2D eigenvalue weighted by molar-refractivity contribution is -0.127. The Morgan fingerprint density at radius 3 is 2.92 bits per heavy atom. The second kappa shape index (κ2) is 7.27. The molecule has 0 fully saturated rings. The number of para-hydroxylation sites is 2. The predicted molar refractivity (Wildman–Crippen MR) is 90.1 cm³/mol. The number of ether oxygens (including phenoxy) is 1. The SMILES string of the molecule is CC[C@H](NC(=O)COCc1ccnn1C)c1nc2ccccc2[nH]1. The smallest absolute Gasteiger partial charge is 0.246 e. The highest BCUT2D eigenvalue weighted by Gasteiger charge is 2.16.